The van der Waals surface area contributed by atoms with Gasteiger partial charge in [0.2, 0.25) is 0 Å². The third-order valence-electron chi connectivity index (χ3n) is 1.85. The summed E-state index contributed by atoms with van der Waals surface area (Å²) in [6.07, 6.45) is 0. The molecule has 1 heterocycles. The van der Waals surface area contributed by atoms with E-state index >= 15 is 0 Å². The van der Waals surface area contributed by atoms with E-state index in [2.05, 4.69) is 9.05 Å². The van der Waals surface area contributed by atoms with Crippen molar-refractivity contribution >= 4 is 27.9 Å². The molecule has 0 aliphatic carbocycles. The van der Waals surface area contributed by atoms with Gasteiger partial charge in [0, 0.05) is 14.2 Å². The lowest BCUT2D eigenvalue weighted by molar-refractivity contribution is -0.122. The Balaban J connectivity index is 3.00. The summed E-state index contributed by atoms with van der Waals surface area (Å²) >= 11 is 0. The van der Waals surface area contributed by atoms with Crippen molar-refractivity contribution in [1.82, 2.24) is 9.34 Å². The first-order valence-electron chi connectivity index (χ1n) is 3.96. The van der Waals surface area contributed by atoms with Crippen molar-refractivity contribution < 1.29 is 32.7 Å². The third-order valence-corrected chi connectivity index (χ3v) is 4.40. The molecule has 1 fully saturated rings. The summed E-state index contributed by atoms with van der Waals surface area (Å²) in [6, 6.07) is -1.16. The number of hydrogen-bond acceptors (Lipinski definition) is 6. The molecule has 0 bridgehead atoms. The van der Waals surface area contributed by atoms with E-state index in [4.69, 9.17) is 0 Å². The fourth-order valence-corrected chi connectivity index (χ4v) is 2.68. The fourth-order valence-electron chi connectivity index (χ4n) is 1.06. The molecule has 0 aromatic heterocycles. The summed E-state index contributed by atoms with van der Waals surface area (Å²) in [6.45, 7) is -0.666. The minimum Gasteiger partial charge on any atom is -0.318 e. The number of imide groups is 1. The van der Waals surface area contributed by atoms with Crippen LogP contribution in [-0.2, 0) is 23.0 Å². The number of hydrogen-bond donors (Lipinski definition) is 1. The van der Waals surface area contributed by atoms with Gasteiger partial charge in [-0.3, -0.25) is 13.9 Å². The molecule has 0 spiro atoms. The molecule has 11 heteroatoms. The molecule has 1 aliphatic heterocycles. The van der Waals surface area contributed by atoms with Gasteiger partial charge in [0.05, 0.1) is 0 Å². The summed E-state index contributed by atoms with van der Waals surface area (Å²) in [4.78, 5) is 32.0. The van der Waals surface area contributed by atoms with E-state index in [1.165, 1.54) is 0 Å². The van der Waals surface area contributed by atoms with Gasteiger partial charge < -0.3 is 9.42 Å². The van der Waals surface area contributed by atoms with Crippen LogP contribution < -0.4 is 0 Å². The number of nitrogens with zero attached hydrogens (tertiary/aromatic N) is 2. The van der Waals surface area contributed by atoms with Gasteiger partial charge in [-0.25, -0.2) is 14.0 Å². The summed E-state index contributed by atoms with van der Waals surface area (Å²) in [7, 11) is -5.44. The monoisotopic (exact) mass is 272 g/mol. The zero-order valence-electron chi connectivity index (χ0n) is 8.45. The lowest BCUT2D eigenvalue weighted by atomic mass is 10.7. The van der Waals surface area contributed by atoms with Gasteiger partial charge in [-0.2, -0.15) is 4.67 Å². The van der Waals surface area contributed by atoms with Gasteiger partial charge in [-0.05, 0) is 0 Å². The highest BCUT2D eigenvalue weighted by molar-refractivity contribution is 7.51. The highest BCUT2D eigenvalue weighted by Crippen LogP contribution is 2.49. The minimum absolute atomic E-state index is 0.312. The van der Waals surface area contributed by atoms with Gasteiger partial charge in [0.25, 0.3) is 14.1 Å². The molecule has 3 amide bonds. The smallest absolute Gasteiger partial charge is 0.318 e. The molecule has 0 aromatic carbocycles. The van der Waals surface area contributed by atoms with Crippen LogP contribution in [0.15, 0.2) is 0 Å². The van der Waals surface area contributed by atoms with Crippen LogP contribution in [0.2, 0.25) is 0 Å². The first-order chi connectivity index (χ1) is 7.35. The number of amides is 3. The van der Waals surface area contributed by atoms with Crippen molar-refractivity contribution in [1.29, 1.82) is 0 Å². The molecule has 1 saturated heterocycles. The van der Waals surface area contributed by atoms with Crippen molar-refractivity contribution in [3.63, 3.8) is 0 Å². The van der Waals surface area contributed by atoms with Gasteiger partial charge in [-0.15, -0.1) is 0 Å². The van der Waals surface area contributed by atoms with Crippen LogP contribution >= 0.6 is 15.9 Å². The molecular weight excluding hydrogens is 262 g/mol. The Kier molecular flexibility index (Phi) is 3.88. The molecule has 16 heavy (non-hydrogen) atoms. The highest BCUT2D eigenvalue weighted by atomic mass is 31.2. The van der Waals surface area contributed by atoms with E-state index in [9.17, 15) is 23.6 Å². The summed E-state index contributed by atoms with van der Waals surface area (Å²) < 4.78 is 31.7. The molecular formula is C5H10N2O7P2. The molecule has 2 unspecified atom stereocenters. The van der Waals surface area contributed by atoms with Gasteiger partial charge in [0.15, 0.2) is 0 Å². The minimum atomic E-state index is -4.36. The van der Waals surface area contributed by atoms with E-state index in [1.54, 1.807) is 0 Å². The van der Waals surface area contributed by atoms with Crippen LogP contribution in [0.25, 0.3) is 0 Å². The van der Waals surface area contributed by atoms with Gasteiger partial charge in [-0.1, -0.05) is 0 Å². The quantitative estimate of drug-likeness (QED) is 0.567. The third kappa shape index (κ3) is 2.18. The standard InChI is InChI=1S/C5H10N2O7P2/c1-13-15(10)7-4(8)3-6(5(7)9)16(11,12)14-2/h15H,3H2,1-2H3,(H,11,12). The summed E-state index contributed by atoms with van der Waals surface area (Å²) in [5, 5.41) is 0. The number of carbonyl (C=O) groups is 2. The second kappa shape index (κ2) is 4.65. The normalized spacial score (nSPS) is 22.4. The Labute approximate surface area is 91.4 Å². The lowest BCUT2D eigenvalue weighted by Crippen LogP contribution is -2.27. The van der Waals surface area contributed by atoms with Crippen molar-refractivity contribution in [3.05, 3.63) is 0 Å². The Morgan fingerprint density at radius 3 is 2.44 bits per heavy atom. The molecule has 0 saturated carbocycles. The number of carbonyl (C=O) groups excluding carboxylic acids is 2. The lowest BCUT2D eigenvalue weighted by Gasteiger charge is -2.19. The maximum Gasteiger partial charge on any atom is 0.436 e. The Morgan fingerprint density at radius 1 is 1.44 bits per heavy atom. The first-order valence-corrected chi connectivity index (χ1v) is 6.76. The van der Waals surface area contributed by atoms with E-state index in [1.807, 2.05) is 0 Å². The molecule has 0 radical (unpaired) electrons. The SMILES string of the molecule is CO[PH](=O)N1C(=O)CN(P(=O)(O)OC)C1=O. The zero-order valence-corrected chi connectivity index (χ0v) is 10.3. The van der Waals surface area contributed by atoms with Crippen molar-refractivity contribution in [2.75, 3.05) is 20.8 Å². The zero-order chi connectivity index (χ0) is 12.5. The topological polar surface area (TPSA) is 113 Å². The Hall–Kier alpha value is -0.720. The average molecular weight is 272 g/mol. The van der Waals surface area contributed by atoms with Crippen LogP contribution in [-0.4, -0.2) is 46.9 Å². The van der Waals surface area contributed by atoms with Gasteiger partial charge in [0.1, 0.15) is 6.54 Å². The van der Waals surface area contributed by atoms with E-state index in [-0.39, 0.29) is 0 Å². The molecule has 0 aromatic rings. The molecule has 1 aliphatic rings. The van der Waals surface area contributed by atoms with E-state index < -0.39 is 34.4 Å². The average Bonchev–Trinajstić information content (AvgIpc) is 2.54. The second-order valence-electron chi connectivity index (χ2n) is 2.71. The van der Waals surface area contributed by atoms with E-state index in [0.29, 0.717) is 9.34 Å². The van der Waals surface area contributed by atoms with Crippen molar-refractivity contribution in [3.8, 4) is 0 Å². The fraction of sp³-hybridized carbons (Fsp3) is 0.600. The maximum atomic E-state index is 11.5. The second-order valence-corrected chi connectivity index (χ2v) is 5.93. The van der Waals surface area contributed by atoms with E-state index in [0.717, 1.165) is 14.2 Å². The molecule has 2 atom stereocenters. The Morgan fingerprint density at radius 2 is 2.00 bits per heavy atom. The number of urea groups is 1. The van der Waals surface area contributed by atoms with Crippen LogP contribution in [0.3, 0.4) is 0 Å². The van der Waals surface area contributed by atoms with Crippen LogP contribution in [0.1, 0.15) is 0 Å². The number of rotatable bonds is 4. The predicted octanol–water partition coefficient (Wildman–Crippen LogP) is 0.0335. The molecule has 9 nitrogen and oxygen atoms in total. The van der Waals surface area contributed by atoms with Crippen LogP contribution in [0, 0.1) is 0 Å². The summed E-state index contributed by atoms with van der Waals surface area (Å²) in [5.41, 5.74) is 0. The van der Waals surface area contributed by atoms with Crippen LogP contribution in [0.4, 0.5) is 4.79 Å². The first kappa shape index (κ1) is 13.3. The van der Waals surface area contributed by atoms with Crippen molar-refractivity contribution in [2.45, 2.75) is 0 Å². The van der Waals surface area contributed by atoms with Crippen molar-refractivity contribution in [2.24, 2.45) is 0 Å². The Bertz CT molecular complexity index is 396. The molecule has 92 valence electrons. The van der Waals surface area contributed by atoms with Crippen LogP contribution in [0.5, 0.6) is 0 Å². The highest BCUT2D eigenvalue weighted by Gasteiger charge is 2.48. The predicted molar refractivity (Wildman–Crippen MR) is 51.8 cm³/mol. The van der Waals surface area contributed by atoms with Gasteiger partial charge >= 0.3 is 13.8 Å². The molecule has 1 N–H and O–H groups in total. The molecule has 1 rings (SSSR count). The largest absolute Gasteiger partial charge is 0.436 e. The summed E-state index contributed by atoms with van der Waals surface area (Å²) in [5.74, 6) is -0.873. The maximum absolute atomic E-state index is 11.5.